The van der Waals surface area contributed by atoms with Crippen LogP contribution in [0, 0.1) is 5.82 Å². The number of rotatable bonds is 3. The van der Waals surface area contributed by atoms with Crippen molar-refractivity contribution >= 4 is 56.4 Å². The van der Waals surface area contributed by atoms with Crippen LogP contribution >= 0.6 is 50.5 Å². The number of ether oxygens (including phenoxy) is 1. The van der Waals surface area contributed by atoms with Crippen LogP contribution in [0.3, 0.4) is 0 Å². The molecule has 4 nitrogen and oxygen atoms in total. The van der Waals surface area contributed by atoms with Gasteiger partial charge in [0.05, 0.1) is 9.50 Å². The lowest BCUT2D eigenvalue weighted by molar-refractivity contribution is 0.0702. The molecule has 0 spiro atoms. The van der Waals surface area contributed by atoms with Gasteiger partial charge in [-0.3, -0.25) is 0 Å². The third kappa shape index (κ3) is 3.17. The zero-order chi connectivity index (χ0) is 14.2. The Hall–Kier alpha value is -0.890. The fourth-order valence-corrected chi connectivity index (χ4v) is 2.84. The zero-order valence-electron chi connectivity index (χ0n) is 8.79. The van der Waals surface area contributed by atoms with E-state index in [9.17, 15) is 9.18 Å². The molecule has 19 heavy (non-hydrogen) atoms. The molecule has 0 aliphatic carbocycles. The maximum absolute atomic E-state index is 13.3. The van der Waals surface area contributed by atoms with Gasteiger partial charge in [0.2, 0.25) is 0 Å². The normalized spacial score (nSPS) is 10.5. The number of halogens is 4. The lowest BCUT2D eigenvalue weighted by atomic mass is 10.3. The van der Waals surface area contributed by atoms with Gasteiger partial charge in [0.25, 0.3) is 5.19 Å². The van der Waals surface area contributed by atoms with E-state index in [0.29, 0.717) is 4.47 Å². The van der Waals surface area contributed by atoms with Crippen LogP contribution in [0.15, 0.2) is 16.6 Å². The van der Waals surface area contributed by atoms with E-state index in [2.05, 4.69) is 20.9 Å². The van der Waals surface area contributed by atoms with Crippen molar-refractivity contribution in [3.8, 4) is 10.9 Å². The molecule has 1 aromatic carbocycles. The van der Waals surface area contributed by atoms with Gasteiger partial charge in [-0.2, -0.15) is 4.98 Å². The Morgan fingerprint density at radius 1 is 1.47 bits per heavy atom. The number of aromatic nitrogens is 1. The number of hydrogen-bond acceptors (Lipinski definition) is 4. The summed E-state index contributed by atoms with van der Waals surface area (Å²) in [5.74, 6) is -1.76. The predicted molar refractivity (Wildman–Crippen MR) is 73.3 cm³/mol. The first kappa shape index (κ1) is 14.5. The fourth-order valence-electron chi connectivity index (χ4n) is 1.14. The van der Waals surface area contributed by atoms with Gasteiger partial charge < -0.3 is 9.84 Å². The van der Waals surface area contributed by atoms with Gasteiger partial charge in [0.1, 0.15) is 11.6 Å². The molecule has 100 valence electrons. The number of thiazole rings is 1. The second kappa shape index (κ2) is 5.62. The fraction of sp³-hybridized carbons (Fsp3) is 0. The van der Waals surface area contributed by atoms with Crippen LogP contribution in [0.5, 0.6) is 10.9 Å². The van der Waals surface area contributed by atoms with E-state index in [4.69, 9.17) is 33.0 Å². The van der Waals surface area contributed by atoms with Gasteiger partial charge in [0.15, 0.2) is 10.0 Å². The molecule has 0 saturated carbocycles. The highest BCUT2D eigenvalue weighted by molar-refractivity contribution is 9.10. The number of aromatic carboxylic acids is 1. The van der Waals surface area contributed by atoms with E-state index in [1.165, 1.54) is 6.07 Å². The average Bonchev–Trinajstić information content (AvgIpc) is 2.67. The van der Waals surface area contributed by atoms with Gasteiger partial charge >= 0.3 is 5.97 Å². The third-order valence-electron chi connectivity index (χ3n) is 1.93. The molecule has 0 amide bonds. The molecule has 0 fully saturated rings. The molecular weight excluding hydrogens is 384 g/mol. The number of carbonyl (C=O) groups is 1. The van der Waals surface area contributed by atoms with Crippen LogP contribution in [-0.4, -0.2) is 16.1 Å². The Balaban J connectivity index is 2.34. The molecule has 1 aromatic heterocycles. The molecule has 0 radical (unpaired) electrons. The summed E-state index contributed by atoms with van der Waals surface area (Å²) in [5, 5.41) is 8.57. The van der Waals surface area contributed by atoms with E-state index >= 15 is 0 Å². The Kier molecular flexibility index (Phi) is 4.29. The summed E-state index contributed by atoms with van der Waals surface area (Å²) in [4.78, 5) is 14.4. The largest absolute Gasteiger partial charge is 0.477 e. The van der Waals surface area contributed by atoms with E-state index in [-0.39, 0.29) is 26.0 Å². The maximum Gasteiger partial charge on any atom is 0.349 e. The van der Waals surface area contributed by atoms with Crippen molar-refractivity contribution in [2.24, 2.45) is 0 Å². The van der Waals surface area contributed by atoms with Crippen molar-refractivity contribution in [3.05, 3.63) is 37.5 Å². The number of benzene rings is 1. The topological polar surface area (TPSA) is 59.4 Å². The SMILES string of the molecule is O=C(O)c1sc(Oc2cc(F)c(Cl)cc2Br)nc1Cl. The number of carboxylic acid groups (broad SMARTS) is 1. The molecule has 0 aliphatic rings. The highest BCUT2D eigenvalue weighted by atomic mass is 79.9. The maximum atomic E-state index is 13.3. The smallest absolute Gasteiger partial charge is 0.349 e. The first-order chi connectivity index (χ1) is 8.88. The van der Waals surface area contributed by atoms with Gasteiger partial charge in [0, 0.05) is 6.07 Å². The van der Waals surface area contributed by atoms with Crippen molar-refractivity contribution in [2.45, 2.75) is 0 Å². The lowest BCUT2D eigenvalue weighted by Crippen LogP contribution is -1.91. The molecule has 0 aliphatic heterocycles. The van der Waals surface area contributed by atoms with E-state index in [0.717, 1.165) is 17.4 Å². The first-order valence-electron chi connectivity index (χ1n) is 4.60. The van der Waals surface area contributed by atoms with Crippen LogP contribution in [0.2, 0.25) is 10.2 Å². The number of hydrogen-bond donors (Lipinski definition) is 1. The van der Waals surface area contributed by atoms with E-state index in [1.54, 1.807) is 0 Å². The Labute approximate surface area is 128 Å². The molecule has 1 N–H and O–H groups in total. The minimum Gasteiger partial charge on any atom is -0.477 e. The lowest BCUT2D eigenvalue weighted by Gasteiger charge is -2.05. The van der Waals surface area contributed by atoms with E-state index in [1.807, 2.05) is 0 Å². The van der Waals surface area contributed by atoms with Gasteiger partial charge in [-0.15, -0.1) is 0 Å². The van der Waals surface area contributed by atoms with Crippen molar-refractivity contribution in [1.82, 2.24) is 4.98 Å². The standard InChI is InChI=1S/C10H3BrCl2FNO3S/c11-3-1-4(12)5(14)2-6(3)18-10-15-8(13)7(19-10)9(16)17/h1-2H,(H,16,17). The molecule has 0 saturated heterocycles. The van der Waals surface area contributed by atoms with E-state index < -0.39 is 11.8 Å². The molecule has 1 heterocycles. The van der Waals surface area contributed by atoms with Crippen LogP contribution < -0.4 is 4.74 Å². The average molecular weight is 387 g/mol. The second-order valence-electron chi connectivity index (χ2n) is 3.20. The van der Waals surface area contributed by atoms with Crippen LogP contribution in [0.4, 0.5) is 4.39 Å². The van der Waals surface area contributed by atoms with Crippen molar-refractivity contribution in [1.29, 1.82) is 0 Å². The summed E-state index contributed by atoms with van der Waals surface area (Å²) >= 11 is 15.1. The molecule has 0 unspecified atom stereocenters. The highest BCUT2D eigenvalue weighted by Crippen LogP contribution is 2.37. The van der Waals surface area contributed by atoms with Crippen LogP contribution in [-0.2, 0) is 0 Å². The Morgan fingerprint density at radius 2 is 2.16 bits per heavy atom. The molecular formula is C10H3BrCl2FNO3S. The van der Waals surface area contributed by atoms with Gasteiger partial charge in [-0.05, 0) is 22.0 Å². The van der Waals surface area contributed by atoms with Crippen LogP contribution in [0.25, 0.3) is 0 Å². The molecule has 0 bridgehead atoms. The van der Waals surface area contributed by atoms with Gasteiger partial charge in [-0.25, -0.2) is 9.18 Å². The quantitative estimate of drug-likeness (QED) is 0.766. The zero-order valence-corrected chi connectivity index (χ0v) is 12.7. The summed E-state index contributed by atoms with van der Waals surface area (Å²) in [6.07, 6.45) is 0. The minimum absolute atomic E-state index is 0.00942. The summed E-state index contributed by atoms with van der Waals surface area (Å²) in [6, 6.07) is 2.38. The number of carboxylic acids is 1. The summed E-state index contributed by atoms with van der Waals surface area (Å²) < 4.78 is 19.0. The monoisotopic (exact) mass is 385 g/mol. The summed E-state index contributed by atoms with van der Waals surface area (Å²) in [6.45, 7) is 0. The summed E-state index contributed by atoms with van der Waals surface area (Å²) in [7, 11) is 0. The summed E-state index contributed by atoms with van der Waals surface area (Å²) in [5.41, 5.74) is 0. The van der Waals surface area contributed by atoms with Crippen molar-refractivity contribution in [2.75, 3.05) is 0 Å². The minimum atomic E-state index is -1.21. The van der Waals surface area contributed by atoms with Crippen LogP contribution in [0.1, 0.15) is 9.67 Å². The predicted octanol–water partition coefficient (Wildman–Crippen LogP) is 4.84. The number of nitrogens with zero attached hydrogens (tertiary/aromatic N) is 1. The van der Waals surface area contributed by atoms with Gasteiger partial charge in [-0.1, -0.05) is 34.5 Å². The van der Waals surface area contributed by atoms with Crippen molar-refractivity contribution in [3.63, 3.8) is 0 Å². The molecule has 9 heteroatoms. The molecule has 2 rings (SSSR count). The third-order valence-corrected chi connectivity index (χ3v) is 4.15. The molecule has 0 atom stereocenters. The van der Waals surface area contributed by atoms with Crippen molar-refractivity contribution < 1.29 is 19.0 Å². The second-order valence-corrected chi connectivity index (χ2v) is 5.78. The Morgan fingerprint density at radius 3 is 2.74 bits per heavy atom. The molecule has 2 aromatic rings. The highest BCUT2D eigenvalue weighted by Gasteiger charge is 2.18. The Bertz CT molecular complexity index is 664. The first-order valence-corrected chi connectivity index (χ1v) is 6.97.